The molecule has 1 N–H and O–H groups in total. The number of Topliss-reactive ketones (excluding diaryl/α,β-unsaturated/α-hetero) is 1. The number of benzene rings is 1. The summed E-state index contributed by atoms with van der Waals surface area (Å²) in [5, 5.41) is 11.1. The van der Waals surface area contributed by atoms with Crippen molar-refractivity contribution in [3.05, 3.63) is 51.2 Å². The zero-order chi connectivity index (χ0) is 21.1. The fourth-order valence-corrected chi connectivity index (χ4v) is 4.50. The summed E-state index contributed by atoms with van der Waals surface area (Å²) in [6, 6.07) is 7.79. The molecule has 0 saturated heterocycles. The highest BCUT2D eigenvalue weighted by Gasteiger charge is 2.18. The minimum atomic E-state index is -0.543. The van der Waals surface area contributed by atoms with Crippen LogP contribution in [0.1, 0.15) is 47.6 Å². The van der Waals surface area contributed by atoms with Crippen LogP contribution in [-0.4, -0.2) is 26.5 Å². The van der Waals surface area contributed by atoms with E-state index >= 15 is 0 Å². The first-order valence-corrected chi connectivity index (χ1v) is 11.0. The third-order valence-corrected chi connectivity index (χ3v) is 6.31. The smallest absolute Gasteiger partial charge is 0.224 e. The highest BCUT2D eigenvalue weighted by Crippen LogP contribution is 2.27. The zero-order valence-corrected chi connectivity index (χ0v) is 17.7. The van der Waals surface area contributed by atoms with E-state index in [0.29, 0.717) is 20.6 Å². The Morgan fingerprint density at radius 3 is 2.80 bits per heavy atom. The van der Waals surface area contributed by atoms with Crippen molar-refractivity contribution in [3.63, 3.8) is 0 Å². The molecule has 0 atom stereocenters. The van der Waals surface area contributed by atoms with Crippen LogP contribution in [-0.2, 0) is 17.8 Å². The van der Waals surface area contributed by atoms with Crippen LogP contribution in [0.25, 0.3) is 11.4 Å². The molecular formula is C21H20ClFN4O2S. The maximum absolute atomic E-state index is 14.3. The molecule has 30 heavy (non-hydrogen) atoms. The fourth-order valence-electron chi connectivity index (χ4n) is 3.49. The van der Waals surface area contributed by atoms with E-state index in [1.807, 2.05) is 0 Å². The van der Waals surface area contributed by atoms with Gasteiger partial charge in [0.2, 0.25) is 5.91 Å². The third kappa shape index (κ3) is 4.60. The van der Waals surface area contributed by atoms with Crippen molar-refractivity contribution in [1.82, 2.24) is 14.8 Å². The van der Waals surface area contributed by atoms with E-state index in [9.17, 15) is 14.0 Å². The minimum Gasteiger partial charge on any atom is -0.324 e. The summed E-state index contributed by atoms with van der Waals surface area (Å²) in [4.78, 5) is 24.9. The quantitative estimate of drug-likeness (QED) is 0.532. The first kappa shape index (κ1) is 20.7. The molecule has 6 nitrogen and oxygen atoms in total. The molecule has 3 aromatic rings. The molecule has 0 bridgehead atoms. The van der Waals surface area contributed by atoms with Gasteiger partial charge in [0, 0.05) is 31.4 Å². The summed E-state index contributed by atoms with van der Waals surface area (Å²) in [5.74, 6) is 0.473. The van der Waals surface area contributed by atoms with Gasteiger partial charge in [-0.05, 0) is 43.2 Å². The summed E-state index contributed by atoms with van der Waals surface area (Å²) >= 11 is 7.01. The summed E-state index contributed by atoms with van der Waals surface area (Å²) in [6.07, 6.45) is 4.14. The number of nitrogens with zero attached hydrogens (tertiary/aromatic N) is 3. The predicted octanol–water partition coefficient (Wildman–Crippen LogP) is 5.13. The van der Waals surface area contributed by atoms with Crippen LogP contribution in [0.3, 0.4) is 0 Å². The van der Waals surface area contributed by atoms with Crippen LogP contribution >= 0.6 is 22.9 Å². The molecule has 1 aromatic carbocycles. The number of carbonyl (C=O) groups excluding carboxylic acids is 2. The lowest BCUT2D eigenvalue weighted by Gasteiger charge is -2.10. The average molecular weight is 447 g/mol. The molecule has 3 heterocycles. The molecular weight excluding hydrogens is 427 g/mol. The van der Waals surface area contributed by atoms with Crippen molar-refractivity contribution in [2.24, 2.45) is 0 Å². The number of hydrogen-bond acceptors (Lipinski definition) is 5. The van der Waals surface area contributed by atoms with Crippen molar-refractivity contribution in [1.29, 1.82) is 0 Å². The molecule has 4 rings (SSSR count). The maximum atomic E-state index is 14.3. The van der Waals surface area contributed by atoms with Crippen molar-refractivity contribution in [3.8, 4) is 11.4 Å². The number of aromatic nitrogens is 3. The number of thiophene rings is 1. The van der Waals surface area contributed by atoms with Crippen LogP contribution in [0.2, 0.25) is 4.34 Å². The Hall–Kier alpha value is -2.58. The lowest BCUT2D eigenvalue weighted by molar-refractivity contribution is -0.116. The van der Waals surface area contributed by atoms with Crippen LogP contribution in [0.15, 0.2) is 30.3 Å². The lowest BCUT2D eigenvalue weighted by atomic mass is 10.1. The van der Waals surface area contributed by atoms with Gasteiger partial charge in [-0.15, -0.1) is 21.5 Å². The molecule has 156 valence electrons. The van der Waals surface area contributed by atoms with Gasteiger partial charge < -0.3 is 9.88 Å². The molecule has 0 radical (unpaired) electrons. The van der Waals surface area contributed by atoms with E-state index in [-0.39, 0.29) is 24.3 Å². The number of halogens is 2. The lowest BCUT2D eigenvalue weighted by Crippen LogP contribution is -2.14. The fraction of sp³-hybridized carbons (Fsp3) is 0.333. The van der Waals surface area contributed by atoms with E-state index in [4.69, 9.17) is 11.6 Å². The number of aryl methyl sites for hydroxylation is 1. The van der Waals surface area contributed by atoms with Gasteiger partial charge in [-0.3, -0.25) is 9.59 Å². The molecule has 0 aliphatic carbocycles. The van der Waals surface area contributed by atoms with Crippen molar-refractivity contribution >= 4 is 40.3 Å². The van der Waals surface area contributed by atoms with E-state index in [0.717, 1.165) is 38.1 Å². The molecule has 2 aromatic heterocycles. The second-order valence-corrected chi connectivity index (χ2v) is 8.89. The normalized spacial score (nSPS) is 13.5. The average Bonchev–Trinajstić information content (AvgIpc) is 3.27. The van der Waals surface area contributed by atoms with E-state index in [1.54, 1.807) is 24.3 Å². The second kappa shape index (κ2) is 9.06. The van der Waals surface area contributed by atoms with Gasteiger partial charge in [-0.1, -0.05) is 18.0 Å². The van der Waals surface area contributed by atoms with Crippen molar-refractivity contribution in [2.45, 2.75) is 45.1 Å². The van der Waals surface area contributed by atoms with Crippen molar-refractivity contribution < 1.29 is 14.0 Å². The van der Waals surface area contributed by atoms with Gasteiger partial charge in [0.25, 0.3) is 0 Å². The first-order chi connectivity index (χ1) is 14.5. The topological polar surface area (TPSA) is 76.9 Å². The van der Waals surface area contributed by atoms with Crippen LogP contribution < -0.4 is 5.32 Å². The number of carbonyl (C=O) groups is 2. The monoisotopic (exact) mass is 446 g/mol. The summed E-state index contributed by atoms with van der Waals surface area (Å²) < 4.78 is 16.9. The zero-order valence-electron chi connectivity index (χ0n) is 16.2. The Morgan fingerprint density at radius 2 is 2.00 bits per heavy atom. The third-order valence-electron chi connectivity index (χ3n) is 5.04. The number of amides is 1. The SMILES string of the molecule is O=C(CCC(=O)c1ccc(Cl)s1)Nc1cc(-c2nnc3n2CCCCC3)ccc1F. The summed E-state index contributed by atoms with van der Waals surface area (Å²) in [7, 11) is 0. The molecule has 0 spiro atoms. The van der Waals surface area contributed by atoms with Crippen molar-refractivity contribution in [2.75, 3.05) is 5.32 Å². The number of ketones is 1. The highest BCUT2D eigenvalue weighted by atomic mass is 35.5. The van der Waals surface area contributed by atoms with Gasteiger partial charge in [-0.2, -0.15) is 0 Å². The standard InChI is InChI=1S/C21H20ClFN4O2S/c22-18-9-8-17(30-18)16(28)7-10-20(29)24-15-12-13(5-6-14(15)23)21-26-25-19-4-2-1-3-11-27(19)21/h5-6,8-9,12H,1-4,7,10-11H2,(H,24,29). The van der Waals surface area contributed by atoms with E-state index in [1.165, 1.54) is 17.4 Å². The van der Waals surface area contributed by atoms with Gasteiger partial charge >= 0.3 is 0 Å². The molecule has 0 unspecified atom stereocenters. The Kier molecular flexibility index (Phi) is 6.24. The molecule has 9 heteroatoms. The van der Waals surface area contributed by atoms with E-state index < -0.39 is 11.7 Å². The number of hydrogen-bond donors (Lipinski definition) is 1. The Labute approximate surface area is 182 Å². The summed E-state index contributed by atoms with van der Waals surface area (Å²) in [6.45, 7) is 0.825. The van der Waals surface area contributed by atoms with Crippen LogP contribution in [0.5, 0.6) is 0 Å². The second-order valence-electron chi connectivity index (χ2n) is 7.17. The van der Waals surface area contributed by atoms with Gasteiger partial charge in [0.15, 0.2) is 11.6 Å². The Bertz CT molecular complexity index is 1090. The van der Waals surface area contributed by atoms with Gasteiger partial charge in [0.1, 0.15) is 11.6 Å². The largest absolute Gasteiger partial charge is 0.324 e. The van der Waals surface area contributed by atoms with Crippen LogP contribution in [0, 0.1) is 5.82 Å². The molecule has 1 aliphatic rings. The van der Waals surface area contributed by atoms with E-state index in [2.05, 4.69) is 20.1 Å². The Balaban J connectivity index is 1.45. The molecule has 1 amide bonds. The highest BCUT2D eigenvalue weighted by molar-refractivity contribution is 7.18. The maximum Gasteiger partial charge on any atom is 0.224 e. The first-order valence-electron chi connectivity index (χ1n) is 9.81. The number of fused-ring (bicyclic) bond motifs is 1. The molecule has 0 fully saturated rings. The Morgan fingerprint density at radius 1 is 1.13 bits per heavy atom. The molecule has 1 aliphatic heterocycles. The van der Waals surface area contributed by atoms with Crippen LogP contribution in [0.4, 0.5) is 10.1 Å². The minimum absolute atomic E-state index is 0.0294. The number of nitrogens with one attached hydrogen (secondary N) is 1. The number of rotatable bonds is 6. The summed E-state index contributed by atoms with van der Waals surface area (Å²) in [5.41, 5.74) is 0.756. The predicted molar refractivity (Wildman–Crippen MR) is 114 cm³/mol. The number of anilines is 1. The molecule has 0 saturated carbocycles. The van der Waals surface area contributed by atoms with Gasteiger partial charge in [-0.25, -0.2) is 4.39 Å². The van der Waals surface area contributed by atoms with Gasteiger partial charge in [0.05, 0.1) is 14.9 Å².